The van der Waals surface area contributed by atoms with Crippen molar-refractivity contribution in [3.8, 4) is 0 Å². The topological polar surface area (TPSA) is 56.9 Å². The van der Waals surface area contributed by atoms with Crippen molar-refractivity contribution in [3.63, 3.8) is 0 Å². The molecule has 0 aliphatic rings. The number of carbonyl (C=O) groups excluding carboxylic acids is 1. The van der Waals surface area contributed by atoms with Crippen LogP contribution in [0.25, 0.3) is 0 Å². The van der Waals surface area contributed by atoms with Crippen molar-refractivity contribution in [2.24, 2.45) is 7.05 Å². The lowest BCUT2D eigenvalue weighted by Gasteiger charge is -2.05. The van der Waals surface area contributed by atoms with E-state index in [2.05, 4.69) is 4.98 Å². The summed E-state index contributed by atoms with van der Waals surface area (Å²) in [5, 5.41) is 0. The summed E-state index contributed by atoms with van der Waals surface area (Å²) in [5.41, 5.74) is 0.388. The van der Waals surface area contributed by atoms with Gasteiger partial charge >= 0.3 is 0 Å². The molecule has 2 heterocycles. The second kappa shape index (κ2) is 4.82. The van der Waals surface area contributed by atoms with E-state index in [9.17, 15) is 9.59 Å². The molecule has 0 amide bonds. The van der Waals surface area contributed by atoms with E-state index in [-0.39, 0.29) is 17.9 Å². The Labute approximate surface area is 111 Å². The smallest absolute Gasteiger partial charge is 0.267 e. The molecule has 5 nitrogen and oxygen atoms in total. The van der Waals surface area contributed by atoms with Gasteiger partial charge in [-0.2, -0.15) is 0 Å². The minimum atomic E-state index is -0.192. The number of carbonyl (C=O) groups is 1. The van der Waals surface area contributed by atoms with Gasteiger partial charge in [0.05, 0.1) is 22.1 Å². The summed E-state index contributed by atoms with van der Waals surface area (Å²) in [5.74, 6) is -0.108. The number of ketones is 1. The number of hydrogen-bond acceptors (Lipinski definition) is 3. The average molecular weight is 343 g/mol. The summed E-state index contributed by atoms with van der Waals surface area (Å²) in [6.45, 7) is 0.0144. The summed E-state index contributed by atoms with van der Waals surface area (Å²) in [6, 6.07) is 3.53. The van der Waals surface area contributed by atoms with Crippen molar-refractivity contribution >= 4 is 28.4 Å². The van der Waals surface area contributed by atoms with Gasteiger partial charge in [0.25, 0.3) is 5.56 Å². The minimum Gasteiger partial charge on any atom is -0.348 e. The molecule has 2 aromatic rings. The first kappa shape index (κ1) is 12.0. The van der Waals surface area contributed by atoms with Crippen molar-refractivity contribution < 1.29 is 4.79 Å². The quantitative estimate of drug-likeness (QED) is 0.619. The zero-order valence-corrected chi connectivity index (χ0v) is 11.3. The van der Waals surface area contributed by atoms with E-state index in [0.717, 1.165) is 0 Å². The van der Waals surface area contributed by atoms with Crippen molar-refractivity contribution in [1.29, 1.82) is 0 Å². The van der Waals surface area contributed by atoms with Crippen LogP contribution in [0.2, 0.25) is 0 Å². The standard InChI is InChI=1S/C11H10IN3O2/c1-14-4-2-3-9(14)10(16)6-15-7-13-5-8(12)11(15)17/h2-5,7H,6H2,1H3. The third-order valence-corrected chi connectivity index (χ3v) is 3.14. The molecule has 0 aliphatic heterocycles. The Hall–Kier alpha value is -1.44. The van der Waals surface area contributed by atoms with Crippen molar-refractivity contribution in [3.05, 3.63) is 50.5 Å². The summed E-state index contributed by atoms with van der Waals surface area (Å²) in [4.78, 5) is 27.6. The molecule has 0 atom stereocenters. The predicted octanol–water partition coefficient (Wildman–Crippen LogP) is 1.07. The van der Waals surface area contributed by atoms with Crippen LogP contribution in [0.5, 0.6) is 0 Å². The van der Waals surface area contributed by atoms with Crippen molar-refractivity contribution in [2.45, 2.75) is 6.54 Å². The number of aryl methyl sites for hydroxylation is 1. The van der Waals surface area contributed by atoms with Gasteiger partial charge in [0, 0.05) is 19.4 Å². The highest BCUT2D eigenvalue weighted by Crippen LogP contribution is 2.02. The van der Waals surface area contributed by atoms with Gasteiger partial charge in [-0.25, -0.2) is 4.98 Å². The minimum absolute atomic E-state index is 0.0144. The molecule has 0 aromatic carbocycles. The van der Waals surface area contributed by atoms with Crippen LogP contribution in [-0.4, -0.2) is 19.9 Å². The largest absolute Gasteiger partial charge is 0.348 e. The molecule has 0 unspecified atom stereocenters. The molecule has 0 aliphatic carbocycles. The summed E-state index contributed by atoms with van der Waals surface area (Å²) >= 11 is 1.90. The molecule has 0 fully saturated rings. The fraction of sp³-hybridized carbons (Fsp3) is 0.182. The highest BCUT2D eigenvalue weighted by atomic mass is 127. The molecular formula is C11H10IN3O2. The van der Waals surface area contributed by atoms with Gasteiger partial charge in [-0.1, -0.05) is 0 Å². The van der Waals surface area contributed by atoms with Crippen LogP contribution >= 0.6 is 22.6 Å². The molecule has 0 bridgehead atoms. The molecule has 2 aromatic heterocycles. The molecule has 17 heavy (non-hydrogen) atoms. The number of Topliss-reactive ketones (excluding diaryl/α,β-unsaturated/α-hetero) is 1. The Balaban J connectivity index is 2.28. The second-order valence-electron chi connectivity index (χ2n) is 3.60. The lowest BCUT2D eigenvalue weighted by molar-refractivity contribution is 0.0962. The second-order valence-corrected chi connectivity index (χ2v) is 4.76. The lowest BCUT2D eigenvalue weighted by atomic mass is 10.3. The number of rotatable bonds is 3. The fourth-order valence-electron chi connectivity index (χ4n) is 1.52. The van der Waals surface area contributed by atoms with E-state index in [1.54, 1.807) is 29.9 Å². The number of aromatic nitrogens is 3. The first-order valence-corrected chi connectivity index (χ1v) is 6.02. The van der Waals surface area contributed by atoms with E-state index in [4.69, 9.17) is 0 Å². The summed E-state index contributed by atoms with van der Waals surface area (Å²) in [7, 11) is 1.79. The van der Waals surface area contributed by atoms with Crippen LogP contribution < -0.4 is 5.56 Å². The van der Waals surface area contributed by atoms with E-state index >= 15 is 0 Å². The van der Waals surface area contributed by atoms with Gasteiger partial charge in [-0.05, 0) is 34.7 Å². The number of hydrogen-bond donors (Lipinski definition) is 0. The molecule has 0 N–H and O–H groups in total. The first-order valence-electron chi connectivity index (χ1n) is 4.94. The average Bonchev–Trinajstić information content (AvgIpc) is 2.71. The molecule has 6 heteroatoms. The molecular weight excluding hydrogens is 333 g/mol. The van der Waals surface area contributed by atoms with E-state index < -0.39 is 0 Å². The Morgan fingerprint density at radius 2 is 2.29 bits per heavy atom. The molecule has 0 saturated carbocycles. The normalized spacial score (nSPS) is 10.5. The molecule has 0 saturated heterocycles. The van der Waals surface area contributed by atoms with Gasteiger partial charge in [0.2, 0.25) is 0 Å². The maximum absolute atomic E-state index is 11.9. The van der Waals surface area contributed by atoms with Crippen LogP contribution in [0.1, 0.15) is 10.5 Å². The summed E-state index contributed by atoms with van der Waals surface area (Å²) < 4.78 is 3.55. The SMILES string of the molecule is Cn1cccc1C(=O)Cn1cncc(I)c1=O. The zero-order valence-electron chi connectivity index (χ0n) is 9.13. The van der Waals surface area contributed by atoms with E-state index in [0.29, 0.717) is 9.26 Å². The Bertz CT molecular complexity index is 615. The van der Waals surface area contributed by atoms with Gasteiger partial charge < -0.3 is 4.57 Å². The molecule has 2 rings (SSSR count). The maximum atomic E-state index is 11.9. The van der Waals surface area contributed by atoms with Crippen LogP contribution in [0, 0.1) is 3.57 Å². The highest BCUT2D eigenvalue weighted by molar-refractivity contribution is 14.1. The number of halogens is 1. The molecule has 88 valence electrons. The van der Waals surface area contributed by atoms with Crippen LogP contribution in [0.15, 0.2) is 35.6 Å². The molecule has 0 spiro atoms. The zero-order chi connectivity index (χ0) is 12.4. The molecule has 0 radical (unpaired) electrons. The predicted molar refractivity (Wildman–Crippen MR) is 71.0 cm³/mol. The van der Waals surface area contributed by atoms with Crippen LogP contribution in [0.3, 0.4) is 0 Å². The van der Waals surface area contributed by atoms with Gasteiger partial charge in [0.15, 0.2) is 5.78 Å². The third-order valence-electron chi connectivity index (χ3n) is 2.40. The Kier molecular flexibility index (Phi) is 3.41. The van der Waals surface area contributed by atoms with E-state index in [1.807, 2.05) is 22.6 Å². The van der Waals surface area contributed by atoms with Crippen LogP contribution in [-0.2, 0) is 13.6 Å². The van der Waals surface area contributed by atoms with Crippen molar-refractivity contribution in [1.82, 2.24) is 14.1 Å². The fourth-order valence-corrected chi connectivity index (χ4v) is 1.99. The number of nitrogens with zero attached hydrogens (tertiary/aromatic N) is 3. The Morgan fingerprint density at radius 3 is 2.94 bits per heavy atom. The van der Waals surface area contributed by atoms with Crippen LogP contribution in [0.4, 0.5) is 0 Å². The third kappa shape index (κ3) is 2.46. The van der Waals surface area contributed by atoms with Gasteiger partial charge in [0.1, 0.15) is 0 Å². The highest BCUT2D eigenvalue weighted by Gasteiger charge is 2.11. The lowest BCUT2D eigenvalue weighted by Crippen LogP contribution is -2.26. The maximum Gasteiger partial charge on any atom is 0.267 e. The summed E-state index contributed by atoms with van der Waals surface area (Å²) in [6.07, 6.45) is 4.65. The monoisotopic (exact) mass is 343 g/mol. The van der Waals surface area contributed by atoms with Gasteiger partial charge in [-0.15, -0.1) is 0 Å². The van der Waals surface area contributed by atoms with E-state index in [1.165, 1.54) is 17.1 Å². The Morgan fingerprint density at radius 1 is 1.53 bits per heavy atom. The van der Waals surface area contributed by atoms with Crippen molar-refractivity contribution in [2.75, 3.05) is 0 Å². The van der Waals surface area contributed by atoms with Gasteiger partial charge in [-0.3, -0.25) is 14.2 Å². The first-order chi connectivity index (χ1) is 8.09.